The lowest BCUT2D eigenvalue weighted by atomic mass is 9.52. The van der Waals surface area contributed by atoms with Crippen molar-refractivity contribution in [2.24, 2.45) is 0 Å². The maximum Gasteiger partial charge on any atom is 0.244 e. The topological polar surface area (TPSA) is 61.8 Å². The Bertz CT molecular complexity index is 789. The van der Waals surface area contributed by atoms with E-state index in [1.54, 1.807) is 13.2 Å². The molecular weight excluding hydrogens is 328 g/mol. The van der Waals surface area contributed by atoms with E-state index in [2.05, 4.69) is 43.2 Å². The molecule has 4 atom stereocenters. The largest absolute Gasteiger partial charge is 0.497 e. The van der Waals surface area contributed by atoms with Crippen LogP contribution in [-0.2, 0) is 10.2 Å². The fourth-order valence-electron chi connectivity index (χ4n) is 5.45. The summed E-state index contributed by atoms with van der Waals surface area (Å²) in [7, 11) is 3.75. The van der Waals surface area contributed by atoms with E-state index in [0.29, 0.717) is 6.42 Å². The quantitative estimate of drug-likeness (QED) is 0.850. The number of ether oxygens (including phenoxy) is 1. The number of fused-ring (bicyclic) bond motifs is 2. The molecule has 0 spiro atoms. The smallest absolute Gasteiger partial charge is 0.244 e. The predicted molar refractivity (Wildman–Crippen MR) is 100 cm³/mol. The fraction of sp³-hybridized carbons (Fsp3) is 0.571. The summed E-state index contributed by atoms with van der Waals surface area (Å²) in [5.41, 5.74) is 2.02. The zero-order chi connectivity index (χ0) is 18.7. The number of aliphatic hydroxyl groups is 1. The normalized spacial score (nSPS) is 36.8. The molecule has 1 aromatic carbocycles. The molecule has 1 amide bonds. The van der Waals surface area contributed by atoms with Crippen LogP contribution in [0.3, 0.4) is 0 Å². The van der Waals surface area contributed by atoms with Crippen LogP contribution in [0.25, 0.3) is 0 Å². The van der Waals surface area contributed by atoms with Crippen LogP contribution >= 0.6 is 0 Å². The van der Waals surface area contributed by atoms with Crippen molar-refractivity contribution in [3.63, 3.8) is 0 Å². The van der Waals surface area contributed by atoms with Gasteiger partial charge in [-0.05, 0) is 69.1 Å². The van der Waals surface area contributed by atoms with Crippen molar-refractivity contribution in [3.05, 3.63) is 41.0 Å². The molecule has 0 aromatic heterocycles. The Hall–Kier alpha value is -1.85. The Balaban J connectivity index is 1.91. The van der Waals surface area contributed by atoms with Gasteiger partial charge in [0.2, 0.25) is 5.91 Å². The molecule has 1 saturated carbocycles. The van der Waals surface area contributed by atoms with E-state index >= 15 is 0 Å². The minimum absolute atomic E-state index is 0.000553. The fourth-order valence-corrected chi connectivity index (χ4v) is 5.45. The van der Waals surface area contributed by atoms with Crippen molar-refractivity contribution in [2.45, 2.75) is 56.2 Å². The molecule has 3 unspecified atom stereocenters. The molecule has 2 aliphatic heterocycles. The van der Waals surface area contributed by atoms with Crippen LogP contribution < -0.4 is 10.1 Å². The van der Waals surface area contributed by atoms with Gasteiger partial charge in [-0.25, -0.2) is 0 Å². The number of benzene rings is 1. The summed E-state index contributed by atoms with van der Waals surface area (Å²) in [6, 6.07) is 6.15. The summed E-state index contributed by atoms with van der Waals surface area (Å²) >= 11 is 0. The number of aryl methyl sites for hydroxylation is 1. The lowest BCUT2D eigenvalue weighted by Gasteiger charge is -2.61. The maximum atomic E-state index is 12.1. The van der Waals surface area contributed by atoms with E-state index in [1.807, 2.05) is 6.07 Å². The lowest BCUT2D eigenvalue weighted by Crippen LogP contribution is -2.70. The zero-order valence-corrected chi connectivity index (χ0v) is 16.0. The number of carbonyl (C=O) groups excluding carboxylic acids is 1. The first-order valence-corrected chi connectivity index (χ1v) is 9.39. The van der Waals surface area contributed by atoms with E-state index in [-0.39, 0.29) is 18.0 Å². The molecule has 4 rings (SSSR count). The minimum Gasteiger partial charge on any atom is -0.497 e. The van der Waals surface area contributed by atoms with Gasteiger partial charge in [0.25, 0.3) is 0 Å². The van der Waals surface area contributed by atoms with Gasteiger partial charge in [-0.2, -0.15) is 0 Å². The molecule has 1 saturated heterocycles. The Labute approximate surface area is 155 Å². The van der Waals surface area contributed by atoms with Gasteiger partial charge in [-0.1, -0.05) is 6.07 Å². The van der Waals surface area contributed by atoms with Crippen LogP contribution in [0.2, 0.25) is 0 Å². The van der Waals surface area contributed by atoms with E-state index in [9.17, 15) is 9.90 Å². The monoisotopic (exact) mass is 356 g/mol. The number of hydrogen-bond acceptors (Lipinski definition) is 4. The van der Waals surface area contributed by atoms with Crippen LogP contribution in [0.5, 0.6) is 5.75 Å². The highest BCUT2D eigenvalue weighted by molar-refractivity contribution is 5.92. The molecule has 2 fully saturated rings. The minimum atomic E-state index is -0.925. The van der Waals surface area contributed by atoms with Gasteiger partial charge in [-0.3, -0.25) is 4.79 Å². The highest BCUT2D eigenvalue weighted by Crippen LogP contribution is 2.56. The maximum absolute atomic E-state index is 12.1. The molecule has 0 bridgehead atoms. The summed E-state index contributed by atoms with van der Waals surface area (Å²) in [5, 5.41) is 15.2. The van der Waals surface area contributed by atoms with Crippen molar-refractivity contribution in [1.82, 2.24) is 10.2 Å². The molecule has 140 valence electrons. The molecule has 5 heteroatoms. The lowest BCUT2D eigenvalue weighted by molar-refractivity contribution is -0.141. The Morgan fingerprint density at radius 2 is 2.15 bits per heavy atom. The molecule has 2 heterocycles. The number of likely N-dealkylation sites (tertiary alicyclic amines) is 1. The number of methoxy groups -OCH3 is 1. The number of hydrogen-bond donors (Lipinski definition) is 2. The summed E-state index contributed by atoms with van der Waals surface area (Å²) in [6.45, 7) is 5.12. The Kier molecular flexibility index (Phi) is 3.93. The third kappa shape index (κ3) is 2.26. The van der Waals surface area contributed by atoms with Crippen LogP contribution in [0.1, 0.15) is 37.3 Å². The van der Waals surface area contributed by atoms with Crippen molar-refractivity contribution in [1.29, 1.82) is 0 Å². The van der Waals surface area contributed by atoms with E-state index in [1.165, 1.54) is 0 Å². The first-order chi connectivity index (χ1) is 12.3. The Morgan fingerprint density at radius 3 is 2.88 bits per heavy atom. The molecule has 2 N–H and O–H groups in total. The number of nitrogens with zero attached hydrogens (tertiary/aromatic N) is 1. The highest BCUT2D eigenvalue weighted by Gasteiger charge is 2.62. The van der Waals surface area contributed by atoms with Crippen molar-refractivity contribution in [3.8, 4) is 5.75 Å². The second-order valence-electron chi connectivity index (χ2n) is 8.26. The van der Waals surface area contributed by atoms with Gasteiger partial charge < -0.3 is 20.1 Å². The Morgan fingerprint density at radius 1 is 1.38 bits per heavy atom. The standard InChI is InChI=1S/C21H28N2O3/c1-13-5-6-16(26-4)10-17(13)20-7-8-23(3)14(2)21(20,25)11-15-9-19(24)22-18(15)12-20/h5-6,9-10,14,18,25H,7-8,11-12H2,1-4H3,(H,22,24)/t14?,18?,20-,21?/m1/s1. The van der Waals surface area contributed by atoms with Crippen LogP contribution in [0, 0.1) is 6.92 Å². The number of carbonyl (C=O) groups is 1. The third-order valence-electron chi connectivity index (χ3n) is 7.14. The molecular formula is C21H28N2O3. The summed E-state index contributed by atoms with van der Waals surface area (Å²) < 4.78 is 5.49. The zero-order valence-electron chi connectivity index (χ0n) is 16.0. The number of nitrogens with one attached hydrogen (secondary N) is 1. The van der Waals surface area contributed by atoms with Crippen LogP contribution in [0.15, 0.2) is 29.8 Å². The van der Waals surface area contributed by atoms with Gasteiger partial charge in [0.1, 0.15) is 5.75 Å². The van der Waals surface area contributed by atoms with E-state index in [4.69, 9.17) is 4.74 Å². The van der Waals surface area contributed by atoms with Crippen molar-refractivity contribution >= 4 is 5.91 Å². The van der Waals surface area contributed by atoms with Crippen molar-refractivity contribution < 1.29 is 14.6 Å². The first kappa shape index (κ1) is 17.6. The van der Waals surface area contributed by atoms with Gasteiger partial charge in [0, 0.05) is 24.0 Å². The van der Waals surface area contributed by atoms with Crippen LogP contribution in [-0.4, -0.2) is 54.3 Å². The number of piperidine rings is 1. The average molecular weight is 356 g/mol. The van der Waals surface area contributed by atoms with Gasteiger partial charge in [0.05, 0.1) is 18.8 Å². The average Bonchev–Trinajstić information content (AvgIpc) is 2.96. The molecule has 26 heavy (non-hydrogen) atoms. The second kappa shape index (κ2) is 5.83. The molecule has 1 aromatic rings. The summed E-state index contributed by atoms with van der Waals surface area (Å²) in [6.07, 6.45) is 3.80. The second-order valence-corrected chi connectivity index (χ2v) is 8.26. The van der Waals surface area contributed by atoms with Crippen molar-refractivity contribution in [2.75, 3.05) is 20.7 Å². The molecule has 5 nitrogen and oxygen atoms in total. The summed E-state index contributed by atoms with van der Waals surface area (Å²) in [5.74, 6) is 0.775. The molecule has 0 radical (unpaired) electrons. The molecule has 1 aliphatic carbocycles. The first-order valence-electron chi connectivity index (χ1n) is 9.39. The van der Waals surface area contributed by atoms with E-state index in [0.717, 1.165) is 41.8 Å². The van der Waals surface area contributed by atoms with E-state index < -0.39 is 11.0 Å². The van der Waals surface area contributed by atoms with Gasteiger partial charge in [0.15, 0.2) is 0 Å². The number of likely N-dealkylation sites (N-methyl/N-ethyl adjacent to an activating group) is 1. The van der Waals surface area contributed by atoms with Gasteiger partial charge in [-0.15, -0.1) is 0 Å². The van der Waals surface area contributed by atoms with Crippen LogP contribution in [0.4, 0.5) is 0 Å². The predicted octanol–water partition coefficient (Wildman–Crippen LogP) is 1.92. The van der Waals surface area contributed by atoms with Gasteiger partial charge >= 0.3 is 0 Å². The number of amides is 1. The molecule has 3 aliphatic rings. The third-order valence-corrected chi connectivity index (χ3v) is 7.14. The highest BCUT2D eigenvalue weighted by atomic mass is 16.5. The SMILES string of the molecule is COc1ccc(C)c([C@]23CCN(C)C(C)C2(O)CC2=CC(=O)NC2C3)c1. The summed E-state index contributed by atoms with van der Waals surface area (Å²) in [4.78, 5) is 14.2. The number of rotatable bonds is 2.